The highest BCUT2D eigenvalue weighted by Gasteiger charge is 2.26. The Hall–Kier alpha value is -4.28. The van der Waals surface area contributed by atoms with Crippen LogP contribution in [0.2, 0.25) is 0 Å². The Balaban J connectivity index is 0.00000247. The number of ketones is 2. The monoisotopic (exact) mass is 527 g/mol. The molecule has 3 aromatic carbocycles. The second-order valence-corrected chi connectivity index (χ2v) is 8.54. The number of ether oxygens (including phenoxy) is 2. The molecule has 3 aromatic rings. The number of hydrogen-bond acceptors (Lipinski definition) is 10. The normalized spacial score (nSPS) is 10.8. The lowest BCUT2D eigenvalue weighted by atomic mass is 9.94. The second kappa shape index (κ2) is 13.3. The Morgan fingerprint density at radius 1 is 0.816 bits per heavy atom. The van der Waals surface area contributed by atoms with Gasteiger partial charge in [-0.3, -0.25) is 9.59 Å². The topological polar surface area (TPSA) is 180 Å². The van der Waals surface area contributed by atoms with E-state index < -0.39 is 42.5 Å². The van der Waals surface area contributed by atoms with Crippen molar-refractivity contribution in [3.8, 4) is 28.7 Å². The third kappa shape index (κ3) is 6.93. The number of phenols is 3. The molecule has 38 heavy (non-hydrogen) atoms. The van der Waals surface area contributed by atoms with Crippen molar-refractivity contribution in [2.75, 3.05) is 32.2 Å². The number of aliphatic hydroxyl groups is 2. The van der Waals surface area contributed by atoms with Gasteiger partial charge in [-0.1, -0.05) is 51.1 Å². The van der Waals surface area contributed by atoms with E-state index in [1.807, 2.05) is 13.8 Å². The number of aliphatic hydroxyl groups excluding tert-OH is 2. The second-order valence-electron chi connectivity index (χ2n) is 8.54. The van der Waals surface area contributed by atoms with Crippen molar-refractivity contribution in [3.05, 3.63) is 71.3 Å². The number of benzene rings is 3. The number of rotatable bonds is 11. The zero-order chi connectivity index (χ0) is 28.5. The molecule has 0 radical (unpaired) electrons. The molecule has 0 aliphatic carbocycles. The highest BCUT2D eigenvalue weighted by Crippen LogP contribution is 2.40. The first-order valence-electron chi connectivity index (χ1n) is 11.9. The van der Waals surface area contributed by atoms with Crippen LogP contribution in [-0.4, -0.2) is 63.5 Å². The van der Waals surface area contributed by atoms with Crippen molar-refractivity contribution in [1.82, 2.24) is 0 Å². The van der Waals surface area contributed by atoms with E-state index in [1.54, 1.807) is 37.3 Å². The van der Waals surface area contributed by atoms with Crippen LogP contribution in [0.1, 0.15) is 47.1 Å². The van der Waals surface area contributed by atoms with E-state index in [-0.39, 0.29) is 46.5 Å². The lowest BCUT2D eigenvalue weighted by molar-refractivity contribution is 0.0281. The summed E-state index contributed by atoms with van der Waals surface area (Å²) in [7, 11) is 0. The van der Waals surface area contributed by atoms with Crippen LogP contribution in [0.5, 0.6) is 28.7 Å². The Labute approximate surface area is 220 Å². The van der Waals surface area contributed by atoms with Gasteiger partial charge >= 0.3 is 0 Å². The molecule has 0 unspecified atom stereocenters. The van der Waals surface area contributed by atoms with Crippen molar-refractivity contribution in [3.63, 3.8) is 0 Å². The van der Waals surface area contributed by atoms with Gasteiger partial charge in [0.2, 0.25) is 5.75 Å². The SMILES string of the molecule is CC.CC(CO)(CO)COc1c(O)ccc(C(=O)c2cc(O)c(OCC(=O)c3ccccc3)c(O)c2)c1N. The van der Waals surface area contributed by atoms with Crippen LogP contribution < -0.4 is 15.2 Å². The van der Waals surface area contributed by atoms with E-state index in [2.05, 4.69) is 0 Å². The third-order valence-electron chi connectivity index (χ3n) is 5.50. The predicted molar refractivity (Wildman–Crippen MR) is 141 cm³/mol. The van der Waals surface area contributed by atoms with Crippen LogP contribution in [0.4, 0.5) is 5.69 Å². The molecule has 3 rings (SSSR count). The van der Waals surface area contributed by atoms with Crippen LogP contribution >= 0.6 is 0 Å². The Morgan fingerprint density at radius 2 is 1.39 bits per heavy atom. The smallest absolute Gasteiger partial charge is 0.203 e. The number of Topliss-reactive ketones (excluding diaryl/α,β-unsaturated/α-hetero) is 1. The van der Waals surface area contributed by atoms with Crippen LogP contribution in [0.3, 0.4) is 0 Å². The number of phenolic OH excluding ortho intramolecular Hbond substituents is 3. The summed E-state index contributed by atoms with van der Waals surface area (Å²) in [6.45, 7) is 4.10. The molecule has 0 spiro atoms. The fourth-order valence-corrected chi connectivity index (χ4v) is 3.20. The summed E-state index contributed by atoms with van der Waals surface area (Å²) in [6, 6.07) is 12.8. The lowest BCUT2D eigenvalue weighted by Crippen LogP contribution is -2.33. The van der Waals surface area contributed by atoms with Gasteiger partial charge in [-0.2, -0.15) is 0 Å². The minimum atomic E-state index is -1.02. The van der Waals surface area contributed by atoms with Crippen molar-refractivity contribution in [2.45, 2.75) is 20.8 Å². The number of carbonyl (C=O) groups is 2. The molecule has 0 aliphatic rings. The molecule has 0 heterocycles. The Morgan fingerprint density at radius 3 is 1.95 bits per heavy atom. The molecule has 0 fully saturated rings. The maximum atomic E-state index is 13.1. The van der Waals surface area contributed by atoms with Gasteiger partial charge in [-0.25, -0.2) is 0 Å². The van der Waals surface area contributed by atoms with Crippen LogP contribution in [0.25, 0.3) is 0 Å². The number of anilines is 1. The molecule has 10 nitrogen and oxygen atoms in total. The summed E-state index contributed by atoms with van der Waals surface area (Å²) < 4.78 is 10.8. The summed E-state index contributed by atoms with van der Waals surface area (Å²) in [6.07, 6.45) is 0. The van der Waals surface area contributed by atoms with E-state index >= 15 is 0 Å². The quantitative estimate of drug-likeness (QED) is 0.160. The first-order valence-corrected chi connectivity index (χ1v) is 11.9. The standard InChI is InChI=1S/C26H27NO9.C2H6/c1-26(12-28,13-29)14-36-25-18(30)8-7-17(22(25)27)23(34)16-9-19(31)24(20(32)10-16)35-11-21(33)15-5-3-2-4-6-15;1-2/h2-10,28-32H,11-14,27H2,1H3;1-2H3. The third-order valence-corrected chi connectivity index (χ3v) is 5.50. The molecule has 0 saturated carbocycles. The molecule has 0 bridgehead atoms. The summed E-state index contributed by atoms with van der Waals surface area (Å²) in [5.74, 6) is -3.18. The zero-order valence-corrected chi connectivity index (χ0v) is 21.5. The first kappa shape index (κ1) is 29.9. The number of hydrogen-bond donors (Lipinski definition) is 6. The Kier molecular flexibility index (Phi) is 10.5. The minimum absolute atomic E-state index is 0.0933. The molecular weight excluding hydrogens is 494 g/mol. The minimum Gasteiger partial charge on any atom is -0.504 e. The van der Waals surface area contributed by atoms with E-state index in [0.29, 0.717) is 5.56 Å². The average Bonchev–Trinajstić information content (AvgIpc) is 2.93. The molecule has 7 N–H and O–H groups in total. The van der Waals surface area contributed by atoms with Crippen LogP contribution in [0, 0.1) is 5.41 Å². The van der Waals surface area contributed by atoms with Crippen molar-refractivity contribution in [1.29, 1.82) is 0 Å². The van der Waals surface area contributed by atoms with Gasteiger partial charge in [0.25, 0.3) is 0 Å². The van der Waals surface area contributed by atoms with Gasteiger partial charge < -0.3 is 40.7 Å². The van der Waals surface area contributed by atoms with Gasteiger partial charge in [-0.15, -0.1) is 0 Å². The molecule has 204 valence electrons. The fourth-order valence-electron chi connectivity index (χ4n) is 3.20. The zero-order valence-electron chi connectivity index (χ0n) is 21.5. The molecule has 0 aromatic heterocycles. The van der Waals surface area contributed by atoms with Crippen molar-refractivity contribution in [2.24, 2.45) is 5.41 Å². The molecular formula is C28H33NO9. The first-order chi connectivity index (χ1) is 18.1. The van der Waals surface area contributed by atoms with Crippen LogP contribution in [-0.2, 0) is 0 Å². The van der Waals surface area contributed by atoms with Gasteiger partial charge in [0.05, 0.1) is 25.5 Å². The summed E-state index contributed by atoms with van der Waals surface area (Å²) in [5.41, 5.74) is 4.97. The van der Waals surface area contributed by atoms with Gasteiger partial charge in [0, 0.05) is 22.1 Å². The molecule has 0 aliphatic heterocycles. The maximum absolute atomic E-state index is 13.1. The molecule has 0 atom stereocenters. The van der Waals surface area contributed by atoms with E-state index in [9.17, 15) is 35.1 Å². The molecule has 0 amide bonds. The van der Waals surface area contributed by atoms with Gasteiger partial charge in [0.15, 0.2) is 41.2 Å². The van der Waals surface area contributed by atoms with Crippen LogP contribution in [0.15, 0.2) is 54.6 Å². The predicted octanol–water partition coefficient (Wildman–Crippen LogP) is 3.27. The summed E-state index contributed by atoms with van der Waals surface area (Å²) in [5, 5.41) is 49.7. The lowest BCUT2D eigenvalue weighted by Gasteiger charge is -2.25. The summed E-state index contributed by atoms with van der Waals surface area (Å²) >= 11 is 0. The largest absolute Gasteiger partial charge is 0.504 e. The number of nitrogen functional groups attached to an aromatic ring is 1. The highest BCUT2D eigenvalue weighted by molar-refractivity contribution is 6.13. The molecule has 10 heteroatoms. The van der Waals surface area contributed by atoms with E-state index in [4.69, 9.17) is 15.2 Å². The fraction of sp³-hybridized carbons (Fsp3) is 0.286. The Bertz CT molecular complexity index is 1230. The maximum Gasteiger partial charge on any atom is 0.203 e. The van der Waals surface area contributed by atoms with Crippen molar-refractivity contribution < 1.29 is 44.6 Å². The van der Waals surface area contributed by atoms with Gasteiger partial charge in [-0.05, 0) is 24.3 Å². The van der Waals surface area contributed by atoms with Crippen molar-refractivity contribution >= 4 is 17.3 Å². The molecule has 0 saturated heterocycles. The summed E-state index contributed by atoms with van der Waals surface area (Å²) in [4.78, 5) is 25.3. The van der Waals surface area contributed by atoms with E-state index in [1.165, 1.54) is 12.1 Å². The highest BCUT2D eigenvalue weighted by atomic mass is 16.5. The number of carbonyl (C=O) groups excluding carboxylic acids is 2. The number of aromatic hydroxyl groups is 3. The number of nitrogens with two attached hydrogens (primary N) is 1. The van der Waals surface area contributed by atoms with Gasteiger partial charge in [0.1, 0.15) is 0 Å². The van der Waals surface area contributed by atoms with E-state index in [0.717, 1.165) is 12.1 Å². The average molecular weight is 528 g/mol.